The molecular weight excluding hydrogens is 232 g/mol. The first-order chi connectivity index (χ1) is 8.99. The quantitative estimate of drug-likeness (QED) is 0.837. The summed E-state index contributed by atoms with van der Waals surface area (Å²) in [7, 11) is 6.79. The van der Waals surface area contributed by atoms with E-state index in [2.05, 4.69) is 45.2 Å². The van der Waals surface area contributed by atoms with Gasteiger partial charge in [-0.15, -0.1) is 0 Å². The highest BCUT2D eigenvalue weighted by atomic mass is 15.2. The molecule has 1 N–H and O–H groups in total. The smallest absolute Gasteiger partial charge is 0.0359 e. The maximum atomic E-state index is 3.74. The van der Waals surface area contributed by atoms with Crippen LogP contribution in [0.25, 0.3) is 0 Å². The van der Waals surface area contributed by atoms with E-state index < -0.39 is 0 Å². The monoisotopic (exact) mass is 266 g/mol. The molecule has 2 aliphatic carbocycles. The molecule has 3 atom stereocenters. The maximum Gasteiger partial charge on any atom is 0.0359 e. The Morgan fingerprint density at radius 2 is 1.53 bits per heavy atom. The van der Waals surface area contributed by atoms with Crippen LogP contribution >= 0.6 is 0 Å². The van der Waals surface area contributed by atoms with Crippen LogP contribution in [0.1, 0.15) is 58.8 Å². The number of rotatable bonds is 4. The van der Waals surface area contributed by atoms with Crippen LogP contribution < -0.4 is 5.32 Å². The van der Waals surface area contributed by atoms with E-state index in [1.807, 2.05) is 0 Å². The lowest BCUT2D eigenvalue weighted by Crippen LogP contribution is -2.60. The fourth-order valence-corrected chi connectivity index (χ4v) is 5.25. The number of nitrogens with one attached hydrogen (secondary N) is 1. The summed E-state index contributed by atoms with van der Waals surface area (Å²) in [4.78, 5) is 2.53. The molecule has 0 amide bonds. The molecule has 3 unspecified atom stereocenters. The summed E-state index contributed by atoms with van der Waals surface area (Å²) in [5.41, 5.74) is 0.413. The van der Waals surface area contributed by atoms with Crippen LogP contribution in [0.3, 0.4) is 0 Å². The predicted molar refractivity (Wildman–Crippen MR) is 83.4 cm³/mol. The summed E-state index contributed by atoms with van der Waals surface area (Å²) in [5, 5.41) is 3.74. The first-order valence-corrected chi connectivity index (χ1v) is 8.34. The van der Waals surface area contributed by atoms with Crippen LogP contribution in [0.2, 0.25) is 0 Å². The molecule has 0 heterocycles. The molecule has 2 nitrogen and oxygen atoms in total. The summed E-state index contributed by atoms with van der Waals surface area (Å²) in [5.74, 6) is 2.68. The van der Waals surface area contributed by atoms with E-state index in [-0.39, 0.29) is 0 Å². The molecule has 0 saturated heterocycles. The Balaban J connectivity index is 2.17. The zero-order valence-electron chi connectivity index (χ0n) is 13.7. The molecule has 19 heavy (non-hydrogen) atoms. The molecule has 0 aromatic heterocycles. The molecular formula is C17H34N2. The van der Waals surface area contributed by atoms with Gasteiger partial charge in [-0.05, 0) is 71.0 Å². The lowest BCUT2D eigenvalue weighted by molar-refractivity contribution is 0.0484. The zero-order chi connectivity index (χ0) is 14.0. The van der Waals surface area contributed by atoms with E-state index >= 15 is 0 Å². The molecule has 0 aromatic rings. The minimum Gasteiger partial charge on any atom is -0.315 e. The molecule has 112 valence electrons. The van der Waals surface area contributed by atoms with E-state index in [1.165, 1.54) is 44.9 Å². The highest BCUT2D eigenvalue weighted by Gasteiger charge is 2.46. The Bertz CT molecular complexity index is 271. The van der Waals surface area contributed by atoms with Crippen LogP contribution in [0, 0.1) is 17.8 Å². The van der Waals surface area contributed by atoms with Gasteiger partial charge in [0.05, 0.1) is 0 Å². The first kappa shape index (κ1) is 15.3. The molecule has 2 rings (SSSR count). The number of likely N-dealkylation sites (N-methyl/N-ethyl adjacent to an activating group) is 2. The van der Waals surface area contributed by atoms with Crippen molar-refractivity contribution in [2.75, 3.05) is 21.1 Å². The van der Waals surface area contributed by atoms with Crippen molar-refractivity contribution in [1.29, 1.82) is 0 Å². The van der Waals surface area contributed by atoms with Crippen molar-refractivity contribution in [3.05, 3.63) is 0 Å². The fraction of sp³-hybridized carbons (Fsp3) is 1.00. The highest BCUT2D eigenvalue weighted by Crippen LogP contribution is 2.44. The van der Waals surface area contributed by atoms with Gasteiger partial charge >= 0.3 is 0 Å². The molecule has 0 aromatic carbocycles. The van der Waals surface area contributed by atoms with Crippen molar-refractivity contribution >= 4 is 0 Å². The minimum atomic E-state index is 0.413. The highest BCUT2D eigenvalue weighted by molar-refractivity contribution is 5.05. The largest absolute Gasteiger partial charge is 0.315 e. The van der Waals surface area contributed by atoms with E-state index in [9.17, 15) is 0 Å². The Hall–Kier alpha value is -0.0800. The van der Waals surface area contributed by atoms with Gasteiger partial charge in [0.25, 0.3) is 0 Å². The van der Waals surface area contributed by atoms with Gasteiger partial charge in [0.1, 0.15) is 0 Å². The maximum absolute atomic E-state index is 3.74. The molecule has 0 aliphatic heterocycles. The Kier molecular flexibility index (Phi) is 4.94. The van der Waals surface area contributed by atoms with E-state index in [0.29, 0.717) is 11.6 Å². The average Bonchev–Trinajstić information content (AvgIpc) is 2.79. The van der Waals surface area contributed by atoms with Crippen molar-refractivity contribution in [1.82, 2.24) is 10.2 Å². The Labute approximate surface area is 120 Å². The average molecular weight is 266 g/mol. The van der Waals surface area contributed by atoms with Crippen molar-refractivity contribution in [3.8, 4) is 0 Å². The van der Waals surface area contributed by atoms with Crippen molar-refractivity contribution < 1.29 is 0 Å². The number of hydrogen-bond acceptors (Lipinski definition) is 2. The van der Waals surface area contributed by atoms with Gasteiger partial charge in [0, 0.05) is 11.6 Å². The lowest BCUT2D eigenvalue weighted by Gasteiger charge is -2.49. The van der Waals surface area contributed by atoms with Gasteiger partial charge in [-0.1, -0.05) is 26.7 Å². The van der Waals surface area contributed by atoms with Gasteiger partial charge in [0.15, 0.2) is 0 Å². The molecule has 2 saturated carbocycles. The summed E-state index contributed by atoms with van der Waals surface area (Å²) < 4.78 is 0. The van der Waals surface area contributed by atoms with Crippen LogP contribution in [-0.4, -0.2) is 37.6 Å². The molecule has 2 aliphatic rings. The topological polar surface area (TPSA) is 15.3 Å². The molecule has 2 fully saturated rings. The third-order valence-corrected chi connectivity index (χ3v) is 5.94. The SMILES string of the molecule is CNC(C1CC(C)CC(C)C1)C1(N(C)C)CCCC1. The normalized spacial score (nSPS) is 36.6. The van der Waals surface area contributed by atoms with Crippen molar-refractivity contribution in [3.63, 3.8) is 0 Å². The summed E-state index contributed by atoms with van der Waals surface area (Å²) in [6.45, 7) is 4.90. The van der Waals surface area contributed by atoms with Crippen LogP contribution in [0.5, 0.6) is 0 Å². The molecule has 0 bridgehead atoms. The standard InChI is InChI=1S/C17H34N2/c1-13-10-14(2)12-15(11-13)16(18-3)17(19(4)5)8-6-7-9-17/h13-16,18H,6-12H2,1-5H3. The van der Waals surface area contributed by atoms with Gasteiger partial charge in [-0.3, -0.25) is 0 Å². The predicted octanol–water partition coefficient (Wildman–Crippen LogP) is 3.52. The molecule has 0 radical (unpaired) electrons. The third kappa shape index (κ3) is 3.00. The van der Waals surface area contributed by atoms with E-state index in [0.717, 1.165) is 17.8 Å². The van der Waals surface area contributed by atoms with Crippen LogP contribution in [0.4, 0.5) is 0 Å². The van der Waals surface area contributed by atoms with E-state index in [1.54, 1.807) is 0 Å². The first-order valence-electron chi connectivity index (χ1n) is 8.34. The molecule has 2 heteroatoms. The molecule has 0 spiro atoms. The second kappa shape index (κ2) is 6.13. The Morgan fingerprint density at radius 1 is 1.00 bits per heavy atom. The zero-order valence-corrected chi connectivity index (χ0v) is 13.7. The number of nitrogens with zero attached hydrogens (tertiary/aromatic N) is 1. The van der Waals surface area contributed by atoms with Crippen LogP contribution in [0.15, 0.2) is 0 Å². The lowest BCUT2D eigenvalue weighted by atomic mass is 9.68. The third-order valence-electron chi connectivity index (χ3n) is 5.94. The summed E-state index contributed by atoms with van der Waals surface area (Å²) >= 11 is 0. The number of hydrogen-bond donors (Lipinski definition) is 1. The van der Waals surface area contributed by atoms with Crippen molar-refractivity contribution in [2.24, 2.45) is 17.8 Å². The fourth-order valence-electron chi connectivity index (χ4n) is 5.25. The van der Waals surface area contributed by atoms with Gasteiger partial charge in [0.2, 0.25) is 0 Å². The van der Waals surface area contributed by atoms with Crippen LogP contribution in [-0.2, 0) is 0 Å². The van der Waals surface area contributed by atoms with E-state index in [4.69, 9.17) is 0 Å². The summed E-state index contributed by atoms with van der Waals surface area (Å²) in [6.07, 6.45) is 9.86. The van der Waals surface area contributed by atoms with Gasteiger partial charge in [-0.25, -0.2) is 0 Å². The second-order valence-corrected chi connectivity index (χ2v) is 7.65. The van der Waals surface area contributed by atoms with Crippen molar-refractivity contribution in [2.45, 2.75) is 70.4 Å². The Morgan fingerprint density at radius 3 is 1.95 bits per heavy atom. The summed E-state index contributed by atoms with van der Waals surface area (Å²) in [6, 6.07) is 0.676. The second-order valence-electron chi connectivity index (χ2n) is 7.65. The van der Waals surface area contributed by atoms with Gasteiger partial charge in [-0.2, -0.15) is 0 Å². The minimum absolute atomic E-state index is 0.413. The van der Waals surface area contributed by atoms with Gasteiger partial charge < -0.3 is 10.2 Å².